The van der Waals surface area contributed by atoms with Crippen LogP contribution < -0.4 is 5.32 Å². The minimum Gasteiger partial charge on any atom is -0.335 e. The molecule has 0 aliphatic rings. The fourth-order valence-electron chi connectivity index (χ4n) is 2.23. The third kappa shape index (κ3) is 4.21. The highest BCUT2D eigenvalue weighted by Gasteiger charge is 2.27. The topological polar surface area (TPSA) is 73.0 Å². The first-order valence-electron chi connectivity index (χ1n) is 6.78. The van der Waals surface area contributed by atoms with Crippen molar-refractivity contribution in [1.29, 1.82) is 0 Å². The van der Waals surface area contributed by atoms with Gasteiger partial charge in [0, 0.05) is 19.2 Å². The number of aryl methyl sites for hydroxylation is 3. The average Bonchev–Trinajstić information content (AvgIpc) is 2.71. The number of nitro groups is 1. The molecule has 0 aliphatic carbocycles. The molecule has 1 N–H and O–H groups in total. The van der Waals surface area contributed by atoms with Crippen LogP contribution in [0.4, 0.5) is 30.4 Å². The van der Waals surface area contributed by atoms with Crippen molar-refractivity contribution in [3.63, 3.8) is 0 Å². The molecule has 0 fully saturated rings. The molecular formula is C14H15F3N4O2. The molecule has 23 heavy (non-hydrogen) atoms. The maximum absolute atomic E-state index is 12.3. The van der Waals surface area contributed by atoms with E-state index in [4.69, 9.17) is 0 Å². The Morgan fingerprint density at radius 3 is 2.70 bits per heavy atom. The van der Waals surface area contributed by atoms with Crippen LogP contribution in [0.3, 0.4) is 0 Å². The molecule has 6 nitrogen and oxygen atoms in total. The highest BCUT2D eigenvalue weighted by atomic mass is 19.4. The zero-order valence-corrected chi connectivity index (χ0v) is 12.5. The van der Waals surface area contributed by atoms with Crippen molar-refractivity contribution in [2.45, 2.75) is 25.9 Å². The molecule has 0 spiro atoms. The molecule has 2 aromatic rings. The number of hydrogen-bond acceptors (Lipinski definition) is 4. The molecule has 0 aliphatic heterocycles. The molecule has 0 radical (unpaired) electrons. The first-order chi connectivity index (χ1) is 10.7. The van der Waals surface area contributed by atoms with E-state index in [2.05, 4.69) is 10.4 Å². The predicted molar refractivity (Wildman–Crippen MR) is 78.7 cm³/mol. The van der Waals surface area contributed by atoms with Crippen molar-refractivity contribution >= 4 is 17.2 Å². The zero-order chi connectivity index (χ0) is 17.2. The Morgan fingerprint density at radius 1 is 1.39 bits per heavy atom. The van der Waals surface area contributed by atoms with Crippen molar-refractivity contribution in [3.8, 4) is 0 Å². The van der Waals surface area contributed by atoms with Gasteiger partial charge in [0.05, 0.1) is 4.92 Å². The van der Waals surface area contributed by atoms with E-state index in [0.717, 1.165) is 0 Å². The number of halogens is 3. The maximum Gasteiger partial charge on any atom is 0.389 e. The molecule has 0 unspecified atom stereocenters. The van der Waals surface area contributed by atoms with Gasteiger partial charge in [0.1, 0.15) is 5.69 Å². The number of anilines is 2. The number of hydrogen-bond donors (Lipinski definition) is 1. The maximum atomic E-state index is 12.3. The summed E-state index contributed by atoms with van der Waals surface area (Å²) in [6.45, 7) is 1.52. The second-order valence-corrected chi connectivity index (χ2v) is 5.10. The van der Waals surface area contributed by atoms with Gasteiger partial charge in [-0.3, -0.25) is 10.1 Å². The van der Waals surface area contributed by atoms with Crippen molar-refractivity contribution in [3.05, 3.63) is 45.6 Å². The smallest absolute Gasteiger partial charge is 0.335 e. The summed E-state index contributed by atoms with van der Waals surface area (Å²) in [5.74, 6) is 0.181. The van der Waals surface area contributed by atoms with Crippen molar-refractivity contribution in [2.75, 3.05) is 5.32 Å². The SMILES string of the molecule is Cc1nn(C)c(Nc2cccc(CCC(F)(F)F)c2)c1[N+](=O)[O-]. The number of nitrogens with one attached hydrogen (secondary N) is 1. The van der Waals surface area contributed by atoms with E-state index in [-0.39, 0.29) is 23.6 Å². The Morgan fingerprint density at radius 2 is 2.09 bits per heavy atom. The molecular weight excluding hydrogens is 313 g/mol. The van der Waals surface area contributed by atoms with Gasteiger partial charge in [0.2, 0.25) is 5.82 Å². The average molecular weight is 328 g/mol. The van der Waals surface area contributed by atoms with Crippen LogP contribution in [-0.2, 0) is 13.5 Å². The van der Waals surface area contributed by atoms with E-state index in [1.165, 1.54) is 17.7 Å². The molecule has 1 aromatic heterocycles. The molecule has 0 saturated heterocycles. The predicted octanol–water partition coefficient (Wildman–Crippen LogP) is 3.88. The van der Waals surface area contributed by atoms with Crippen LogP contribution in [-0.4, -0.2) is 20.9 Å². The van der Waals surface area contributed by atoms with Crippen LogP contribution in [0.15, 0.2) is 24.3 Å². The van der Waals surface area contributed by atoms with E-state index in [1.807, 2.05) is 0 Å². The molecule has 1 heterocycles. The molecule has 2 rings (SSSR count). The summed E-state index contributed by atoms with van der Waals surface area (Å²) < 4.78 is 38.2. The van der Waals surface area contributed by atoms with Gasteiger partial charge in [-0.05, 0) is 31.0 Å². The van der Waals surface area contributed by atoms with Gasteiger partial charge in [-0.1, -0.05) is 12.1 Å². The summed E-state index contributed by atoms with van der Waals surface area (Å²) >= 11 is 0. The molecule has 0 bridgehead atoms. The lowest BCUT2D eigenvalue weighted by Gasteiger charge is -2.09. The van der Waals surface area contributed by atoms with Crippen LogP contribution in [0.5, 0.6) is 0 Å². The van der Waals surface area contributed by atoms with Gasteiger partial charge in [-0.15, -0.1) is 0 Å². The van der Waals surface area contributed by atoms with E-state index < -0.39 is 17.5 Å². The Kier molecular flexibility index (Phi) is 4.57. The Hall–Kier alpha value is -2.58. The summed E-state index contributed by atoms with van der Waals surface area (Å²) in [7, 11) is 1.55. The first-order valence-corrected chi connectivity index (χ1v) is 6.78. The van der Waals surface area contributed by atoms with Crippen molar-refractivity contribution in [2.24, 2.45) is 7.05 Å². The van der Waals surface area contributed by atoms with E-state index in [9.17, 15) is 23.3 Å². The Labute approximate surface area is 130 Å². The number of nitrogens with zero attached hydrogens (tertiary/aromatic N) is 3. The molecule has 0 amide bonds. The lowest BCUT2D eigenvalue weighted by atomic mass is 10.1. The summed E-state index contributed by atoms with van der Waals surface area (Å²) in [5, 5.41) is 18.0. The Bertz CT molecular complexity index is 725. The van der Waals surface area contributed by atoms with Crippen molar-refractivity contribution in [1.82, 2.24) is 9.78 Å². The molecule has 0 atom stereocenters. The highest BCUT2D eigenvalue weighted by Crippen LogP contribution is 2.30. The van der Waals surface area contributed by atoms with Crippen LogP contribution in [0.25, 0.3) is 0 Å². The fourth-order valence-corrected chi connectivity index (χ4v) is 2.23. The van der Waals surface area contributed by atoms with Gasteiger partial charge in [0.25, 0.3) is 0 Å². The fraction of sp³-hybridized carbons (Fsp3) is 0.357. The number of aromatic nitrogens is 2. The van der Waals surface area contributed by atoms with E-state index in [1.54, 1.807) is 25.2 Å². The quantitative estimate of drug-likeness (QED) is 0.668. The number of benzene rings is 1. The summed E-state index contributed by atoms with van der Waals surface area (Å²) in [6.07, 6.45) is -5.28. The second-order valence-electron chi connectivity index (χ2n) is 5.10. The third-order valence-corrected chi connectivity index (χ3v) is 3.26. The van der Waals surface area contributed by atoms with Crippen molar-refractivity contribution < 1.29 is 18.1 Å². The van der Waals surface area contributed by atoms with Crippen LogP contribution in [0, 0.1) is 17.0 Å². The standard InChI is InChI=1S/C14H15F3N4O2/c1-9-12(21(22)23)13(20(2)19-9)18-11-5-3-4-10(8-11)6-7-14(15,16)17/h3-5,8,18H,6-7H2,1-2H3. The monoisotopic (exact) mass is 328 g/mol. The number of alkyl halides is 3. The van der Waals surface area contributed by atoms with E-state index >= 15 is 0 Å². The zero-order valence-electron chi connectivity index (χ0n) is 12.5. The van der Waals surface area contributed by atoms with E-state index in [0.29, 0.717) is 11.3 Å². The summed E-state index contributed by atoms with van der Waals surface area (Å²) in [4.78, 5) is 10.6. The third-order valence-electron chi connectivity index (χ3n) is 3.26. The van der Waals surface area contributed by atoms with Crippen LogP contribution in [0.1, 0.15) is 17.7 Å². The minimum absolute atomic E-state index is 0.147. The van der Waals surface area contributed by atoms with Crippen LogP contribution in [0.2, 0.25) is 0 Å². The number of rotatable bonds is 5. The van der Waals surface area contributed by atoms with Gasteiger partial charge in [-0.25, -0.2) is 4.68 Å². The Balaban J connectivity index is 2.23. The molecule has 9 heteroatoms. The molecule has 1 aromatic carbocycles. The minimum atomic E-state index is -4.22. The summed E-state index contributed by atoms with van der Waals surface area (Å²) in [5.41, 5.74) is 1.06. The normalized spacial score (nSPS) is 11.5. The first kappa shape index (κ1) is 16.8. The largest absolute Gasteiger partial charge is 0.389 e. The van der Waals surface area contributed by atoms with Crippen LogP contribution >= 0.6 is 0 Å². The van der Waals surface area contributed by atoms with Gasteiger partial charge in [0.15, 0.2) is 0 Å². The lowest BCUT2D eigenvalue weighted by Crippen LogP contribution is -2.08. The lowest BCUT2D eigenvalue weighted by molar-refractivity contribution is -0.384. The molecule has 0 saturated carbocycles. The van der Waals surface area contributed by atoms with Gasteiger partial charge in [-0.2, -0.15) is 18.3 Å². The molecule has 124 valence electrons. The van der Waals surface area contributed by atoms with Gasteiger partial charge >= 0.3 is 11.9 Å². The van der Waals surface area contributed by atoms with Gasteiger partial charge < -0.3 is 5.32 Å². The second kappa shape index (κ2) is 6.27. The summed E-state index contributed by atoms with van der Waals surface area (Å²) in [6, 6.07) is 6.35. The highest BCUT2D eigenvalue weighted by molar-refractivity contribution is 5.67.